The summed E-state index contributed by atoms with van der Waals surface area (Å²) in [6, 6.07) is 0. The molecule has 0 aliphatic rings. The number of hydrogen-bond acceptors (Lipinski definition) is 8. The van der Waals surface area contributed by atoms with Crippen LogP contribution in [0.4, 0.5) is 0 Å². The van der Waals surface area contributed by atoms with Gasteiger partial charge in [-0.1, -0.05) is 0 Å². The van der Waals surface area contributed by atoms with Gasteiger partial charge < -0.3 is 9.47 Å². The zero-order valence-electron chi connectivity index (χ0n) is 11.1. The molecule has 20 heavy (non-hydrogen) atoms. The lowest BCUT2D eigenvalue weighted by Gasteiger charge is -2.08. The van der Waals surface area contributed by atoms with E-state index >= 15 is 0 Å². The second-order valence-electron chi connectivity index (χ2n) is 3.69. The third kappa shape index (κ3) is 9.47. The van der Waals surface area contributed by atoms with Crippen molar-refractivity contribution < 1.29 is 28.7 Å². The number of ether oxygens (including phenoxy) is 2. The first-order chi connectivity index (χ1) is 9.49. The molecular weight excluding hydrogens is 268 g/mol. The highest BCUT2D eigenvalue weighted by Gasteiger charge is 2.09. The van der Waals surface area contributed by atoms with Gasteiger partial charge in [0.15, 0.2) is 0 Å². The molecule has 0 aromatic carbocycles. The molecule has 0 aliphatic heterocycles. The molecule has 0 aliphatic carbocycles. The molecule has 0 saturated carbocycles. The minimum Gasteiger partial charge on any atom is -0.458 e. The number of carbonyl (C=O) groups is 2. The Morgan fingerprint density at radius 2 is 1.30 bits per heavy atom. The molecule has 0 aromatic rings. The van der Waals surface area contributed by atoms with Crippen molar-refractivity contribution >= 4 is 24.1 Å². The van der Waals surface area contributed by atoms with Crippen LogP contribution >= 0.6 is 0 Å². The van der Waals surface area contributed by atoms with Gasteiger partial charge in [-0.25, -0.2) is 29.2 Å². The van der Waals surface area contributed by atoms with E-state index in [1.54, 1.807) is 0 Å². The molecule has 0 spiro atoms. The fraction of sp³-hybridized carbons (Fsp3) is 0.500. The first-order valence-corrected chi connectivity index (χ1v) is 5.66. The minimum absolute atomic E-state index is 0.00569. The van der Waals surface area contributed by atoms with Crippen molar-refractivity contribution in [2.45, 2.75) is 26.1 Å². The van der Waals surface area contributed by atoms with E-state index in [1.807, 2.05) is 0 Å². The van der Waals surface area contributed by atoms with Crippen LogP contribution in [0.25, 0.3) is 0 Å². The summed E-state index contributed by atoms with van der Waals surface area (Å²) in [6.07, 6.45) is 3.20. The van der Waals surface area contributed by atoms with Gasteiger partial charge in [0.05, 0.1) is 13.1 Å². The average molecular weight is 282 g/mol. The standard InChI is InChI=1S/C12H14N2O6/c1-9(5-13-7-15)19-11(17)3-4-12(18)20-10(2)6-14-8-16/h3-4,9-10H,5-6H2,1-2H3/b4-3+. The number of isocyanates is 2. The molecule has 0 amide bonds. The SMILES string of the molecule is CC(CN=C=O)OC(=O)/C=C/C(=O)OC(C)CN=C=O. The van der Waals surface area contributed by atoms with Crippen molar-refractivity contribution in [1.82, 2.24) is 0 Å². The van der Waals surface area contributed by atoms with Crippen LogP contribution in [0, 0.1) is 0 Å². The second-order valence-corrected chi connectivity index (χ2v) is 3.69. The lowest BCUT2D eigenvalue weighted by molar-refractivity contribution is -0.144. The van der Waals surface area contributed by atoms with Crippen LogP contribution in [0.3, 0.4) is 0 Å². The summed E-state index contributed by atoms with van der Waals surface area (Å²) in [7, 11) is 0. The molecule has 2 unspecified atom stereocenters. The predicted octanol–water partition coefficient (Wildman–Crippen LogP) is 0.0776. The van der Waals surface area contributed by atoms with Crippen LogP contribution in [0.15, 0.2) is 22.1 Å². The van der Waals surface area contributed by atoms with E-state index in [9.17, 15) is 19.2 Å². The van der Waals surface area contributed by atoms with Crippen LogP contribution in [0.1, 0.15) is 13.8 Å². The molecule has 0 fully saturated rings. The Kier molecular flexibility index (Phi) is 9.04. The van der Waals surface area contributed by atoms with Gasteiger partial charge in [-0.2, -0.15) is 0 Å². The van der Waals surface area contributed by atoms with E-state index in [1.165, 1.54) is 26.0 Å². The first-order valence-electron chi connectivity index (χ1n) is 5.66. The lowest BCUT2D eigenvalue weighted by atomic mass is 10.4. The summed E-state index contributed by atoms with van der Waals surface area (Å²) < 4.78 is 9.59. The third-order valence-corrected chi connectivity index (χ3v) is 1.82. The van der Waals surface area contributed by atoms with E-state index in [0.717, 1.165) is 12.2 Å². The highest BCUT2D eigenvalue weighted by Crippen LogP contribution is 1.96. The molecule has 0 heterocycles. The van der Waals surface area contributed by atoms with E-state index < -0.39 is 24.1 Å². The van der Waals surface area contributed by atoms with Crippen LogP contribution in [-0.2, 0) is 28.7 Å². The molecule has 0 N–H and O–H groups in total. The summed E-state index contributed by atoms with van der Waals surface area (Å²) >= 11 is 0. The van der Waals surface area contributed by atoms with Crippen LogP contribution < -0.4 is 0 Å². The maximum absolute atomic E-state index is 11.3. The van der Waals surface area contributed by atoms with Gasteiger partial charge in [-0.15, -0.1) is 0 Å². The molecule has 0 rings (SSSR count). The molecule has 2 atom stereocenters. The summed E-state index contributed by atoms with van der Waals surface area (Å²) in [5.41, 5.74) is 0. The molecular formula is C12H14N2O6. The quantitative estimate of drug-likeness (QED) is 0.270. The highest BCUT2D eigenvalue weighted by molar-refractivity contribution is 5.91. The normalized spacial score (nSPS) is 12.7. The maximum Gasteiger partial charge on any atom is 0.331 e. The van der Waals surface area contributed by atoms with Gasteiger partial charge in [-0.3, -0.25) is 0 Å². The molecule has 0 radical (unpaired) electrons. The van der Waals surface area contributed by atoms with Gasteiger partial charge in [-0.05, 0) is 13.8 Å². The van der Waals surface area contributed by atoms with Gasteiger partial charge >= 0.3 is 11.9 Å². The van der Waals surface area contributed by atoms with E-state index in [2.05, 4.69) is 9.98 Å². The van der Waals surface area contributed by atoms with Gasteiger partial charge in [0.1, 0.15) is 12.2 Å². The van der Waals surface area contributed by atoms with Crippen molar-refractivity contribution in [2.24, 2.45) is 9.98 Å². The van der Waals surface area contributed by atoms with Crippen molar-refractivity contribution in [3.63, 3.8) is 0 Å². The summed E-state index contributed by atoms with van der Waals surface area (Å²) in [5.74, 6) is -1.54. The number of rotatable bonds is 8. The number of aliphatic imine (C=N–C) groups is 2. The molecule has 108 valence electrons. The molecule has 0 saturated heterocycles. The van der Waals surface area contributed by atoms with Crippen molar-refractivity contribution in [3.05, 3.63) is 12.2 Å². The number of esters is 2. The topological polar surface area (TPSA) is 111 Å². The Labute approximate surface area is 115 Å². The molecule has 0 bridgehead atoms. The number of hydrogen-bond donors (Lipinski definition) is 0. The first kappa shape index (κ1) is 17.4. The zero-order chi connectivity index (χ0) is 15.4. The van der Waals surface area contributed by atoms with Gasteiger partial charge in [0.25, 0.3) is 0 Å². The Morgan fingerprint density at radius 3 is 1.60 bits per heavy atom. The largest absolute Gasteiger partial charge is 0.458 e. The molecule has 0 aromatic heterocycles. The Hall–Kier alpha value is -2.56. The number of carbonyl (C=O) groups excluding carboxylic acids is 4. The summed E-state index contributed by atoms with van der Waals surface area (Å²) in [6.45, 7) is 3.05. The fourth-order valence-corrected chi connectivity index (χ4v) is 1.02. The summed E-state index contributed by atoms with van der Waals surface area (Å²) in [4.78, 5) is 48.7. The van der Waals surface area contributed by atoms with E-state index in [-0.39, 0.29) is 13.1 Å². The van der Waals surface area contributed by atoms with E-state index in [4.69, 9.17) is 9.47 Å². The smallest absolute Gasteiger partial charge is 0.331 e. The maximum atomic E-state index is 11.3. The van der Waals surface area contributed by atoms with E-state index in [0.29, 0.717) is 0 Å². The van der Waals surface area contributed by atoms with Crippen molar-refractivity contribution in [2.75, 3.05) is 13.1 Å². The average Bonchev–Trinajstić information content (AvgIpc) is 2.40. The Morgan fingerprint density at radius 1 is 0.950 bits per heavy atom. The summed E-state index contributed by atoms with van der Waals surface area (Å²) in [5, 5.41) is 0. The van der Waals surface area contributed by atoms with Crippen molar-refractivity contribution in [1.29, 1.82) is 0 Å². The lowest BCUT2D eigenvalue weighted by Crippen LogP contribution is -2.18. The van der Waals surface area contributed by atoms with Gasteiger partial charge in [0.2, 0.25) is 12.2 Å². The van der Waals surface area contributed by atoms with Crippen molar-refractivity contribution in [3.8, 4) is 0 Å². The second kappa shape index (κ2) is 10.4. The van der Waals surface area contributed by atoms with Crippen LogP contribution in [0.5, 0.6) is 0 Å². The van der Waals surface area contributed by atoms with Crippen LogP contribution in [-0.4, -0.2) is 49.4 Å². The zero-order valence-corrected chi connectivity index (χ0v) is 11.1. The van der Waals surface area contributed by atoms with Gasteiger partial charge in [0, 0.05) is 12.2 Å². The number of nitrogens with zero attached hydrogens (tertiary/aromatic N) is 2. The van der Waals surface area contributed by atoms with Crippen LogP contribution in [0.2, 0.25) is 0 Å². The third-order valence-electron chi connectivity index (χ3n) is 1.82. The predicted molar refractivity (Wildman–Crippen MR) is 66.2 cm³/mol. The fourth-order valence-electron chi connectivity index (χ4n) is 1.02. The minimum atomic E-state index is -0.769. The highest BCUT2D eigenvalue weighted by atomic mass is 16.5. The molecule has 8 nitrogen and oxygen atoms in total. The Balaban J connectivity index is 4.14. The molecule has 8 heteroatoms. The monoisotopic (exact) mass is 282 g/mol. The Bertz CT molecular complexity index is 419.